The Kier molecular flexibility index (Phi) is 4.51. The van der Waals surface area contributed by atoms with E-state index in [0.717, 1.165) is 25.1 Å². The number of benzene rings is 1. The van der Waals surface area contributed by atoms with Crippen molar-refractivity contribution in [1.82, 2.24) is 24.8 Å². The molecule has 0 bridgehead atoms. The molecule has 1 fully saturated rings. The summed E-state index contributed by atoms with van der Waals surface area (Å²) in [5.74, 6) is 1.06. The first-order valence-electron chi connectivity index (χ1n) is 8.53. The summed E-state index contributed by atoms with van der Waals surface area (Å²) in [6.45, 7) is 0.731. The van der Waals surface area contributed by atoms with Gasteiger partial charge < -0.3 is 10.2 Å². The van der Waals surface area contributed by atoms with Crippen LogP contribution in [0.5, 0.6) is 0 Å². The van der Waals surface area contributed by atoms with Crippen molar-refractivity contribution in [3.8, 4) is 0 Å². The van der Waals surface area contributed by atoms with E-state index < -0.39 is 0 Å². The van der Waals surface area contributed by atoms with Gasteiger partial charge in [-0.2, -0.15) is 0 Å². The maximum Gasteiger partial charge on any atom is 0.254 e. The predicted octanol–water partition coefficient (Wildman–Crippen LogP) is 2.99. The highest BCUT2D eigenvalue weighted by molar-refractivity contribution is 5.94. The normalized spacial score (nSPS) is 16.5. The Labute approximate surface area is 151 Å². The maximum atomic E-state index is 12.9. The number of hydrogen-bond acceptors (Lipinski definition) is 6. The lowest BCUT2D eigenvalue weighted by molar-refractivity contribution is 0.0733. The van der Waals surface area contributed by atoms with E-state index in [4.69, 9.17) is 0 Å². The molecule has 0 unspecified atom stereocenters. The molecule has 0 spiro atoms. The fourth-order valence-corrected chi connectivity index (χ4v) is 3.16. The topological polar surface area (TPSA) is 83.9 Å². The molecule has 26 heavy (non-hydrogen) atoms. The quantitative estimate of drug-likeness (QED) is 0.782. The number of carbonyl (C=O) groups is 1. The van der Waals surface area contributed by atoms with Crippen molar-refractivity contribution >= 4 is 17.7 Å². The van der Waals surface area contributed by atoms with E-state index in [-0.39, 0.29) is 11.9 Å². The Morgan fingerprint density at radius 1 is 1.08 bits per heavy atom. The standard InChI is InChI=1S/C19H18N6O/c26-18(14-5-2-1-3-6-14)25-12-4-7-16(25)15-8-9-22-19(23-15)24-17-13-20-10-11-21-17/h1-3,5-6,8-11,13,16H,4,7,12H2,(H,21,22,23,24)/t16-/m1/s1. The Bertz CT molecular complexity index is 887. The fourth-order valence-electron chi connectivity index (χ4n) is 3.16. The maximum absolute atomic E-state index is 12.9. The lowest BCUT2D eigenvalue weighted by Gasteiger charge is -2.24. The smallest absolute Gasteiger partial charge is 0.254 e. The van der Waals surface area contributed by atoms with Crippen molar-refractivity contribution in [2.75, 3.05) is 11.9 Å². The zero-order chi connectivity index (χ0) is 17.8. The molecule has 0 radical (unpaired) electrons. The number of amides is 1. The van der Waals surface area contributed by atoms with Crippen molar-refractivity contribution < 1.29 is 4.79 Å². The van der Waals surface area contributed by atoms with E-state index in [1.807, 2.05) is 41.3 Å². The largest absolute Gasteiger partial charge is 0.330 e. The molecule has 2 aromatic heterocycles. The minimum Gasteiger partial charge on any atom is -0.330 e. The van der Waals surface area contributed by atoms with Gasteiger partial charge in [-0.15, -0.1) is 0 Å². The van der Waals surface area contributed by atoms with Crippen LogP contribution < -0.4 is 5.32 Å². The van der Waals surface area contributed by atoms with Crippen LogP contribution in [0.4, 0.5) is 11.8 Å². The van der Waals surface area contributed by atoms with E-state index >= 15 is 0 Å². The summed E-state index contributed by atoms with van der Waals surface area (Å²) in [5.41, 5.74) is 1.53. The van der Waals surface area contributed by atoms with Gasteiger partial charge in [-0.25, -0.2) is 15.0 Å². The van der Waals surface area contributed by atoms with E-state index in [0.29, 0.717) is 17.3 Å². The van der Waals surface area contributed by atoms with Crippen molar-refractivity contribution in [3.63, 3.8) is 0 Å². The molecule has 7 nitrogen and oxygen atoms in total. The molecule has 1 aliphatic heterocycles. The second kappa shape index (κ2) is 7.26. The molecule has 1 atom stereocenters. The summed E-state index contributed by atoms with van der Waals surface area (Å²) in [6, 6.07) is 11.2. The summed E-state index contributed by atoms with van der Waals surface area (Å²) < 4.78 is 0. The number of carbonyl (C=O) groups excluding carboxylic acids is 1. The average molecular weight is 346 g/mol. The first kappa shape index (κ1) is 16.1. The summed E-state index contributed by atoms with van der Waals surface area (Å²) >= 11 is 0. The third-order valence-electron chi connectivity index (χ3n) is 4.36. The van der Waals surface area contributed by atoms with Crippen LogP contribution in [0.2, 0.25) is 0 Å². The Morgan fingerprint density at radius 2 is 1.96 bits per heavy atom. The number of nitrogens with zero attached hydrogens (tertiary/aromatic N) is 5. The highest BCUT2D eigenvalue weighted by Gasteiger charge is 2.31. The summed E-state index contributed by atoms with van der Waals surface area (Å²) in [7, 11) is 0. The van der Waals surface area contributed by atoms with Crippen LogP contribution in [-0.4, -0.2) is 37.3 Å². The predicted molar refractivity (Wildman–Crippen MR) is 96.8 cm³/mol. The molecule has 1 aliphatic rings. The van der Waals surface area contributed by atoms with Gasteiger partial charge in [0.25, 0.3) is 5.91 Å². The molecule has 0 saturated carbocycles. The summed E-state index contributed by atoms with van der Waals surface area (Å²) in [4.78, 5) is 31.8. The number of likely N-dealkylation sites (tertiary alicyclic amines) is 1. The SMILES string of the molecule is O=C(c1ccccc1)N1CCC[C@@H]1c1ccnc(Nc2cnccn2)n1. The van der Waals surface area contributed by atoms with Crippen LogP contribution in [0.25, 0.3) is 0 Å². The molecule has 3 aromatic rings. The number of hydrogen-bond donors (Lipinski definition) is 1. The van der Waals surface area contributed by atoms with Crippen molar-refractivity contribution in [2.45, 2.75) is 18.9 Å². The monoisotopic (exact) mass is 346 g/mol. The van der Waals surface area contributed by atoms with Crippen LogP contribution in [0, 0.1) is 0 Å². The van der Waals surface area contributed by atoms with E-state index in [9.17, 15) is 4.79 Å². The number of anilines is 2. The second-order valence-corrected chi connectivity index (χ2v) is 6.04. The molecular formula is C19H18N6O. The van der Waals surface area contributed by atoms with Gasteiger partial charge in [-0.1, -0.05) is 18.2 Å². The molecule has 1 N–H and O–H groups in total. The molecule has 7 heteroatoms. The second-order valence-electron chi connectivity index (χ2n) is 6.04. The minimum atomic E-state index is -0.0480. The van der Waals surface area contributed by atoms with E-state index in [1.54, 1.807) is 24.8 Å². The fraction of sp³-hybridized carbons (Fsp3) is 0.211. The molecule has 3 heterocycles. The van der Waals surface area contributed by atoms with Crippen molar-refractivity contribution in [3.05, 3.63) is 72.4 Å². The number of aromatic nitrogens is 4. The van der Waals surface area contributed by atoms with Gasteiger partial charge in [0, 0.05) is 30.7 Å². The Balaban J connectivity index is 1.56. The third-order valence-corrected chi connectivity index (χ3v) is 4.36. The number of rotatable bonds is 4. The highest BCUT2D eigenvalue weighted by Crippen LogP contribution is 2.32. The van der Waals surface area contributed by atoms with Crippen molar-refractivity contribution in [2.24, 2.45) is 0 Å². The molecule has 130 valence electrons. The first-order chi connectivity index (χ1) is 12.8. The van der Waals surface area contributed by atoms with Crippen LogP contribution in [0.15, 0.2) is 61.2 Å². The lowest BCUT2D eigenvalue weighted by Crippen LogP contribution is -2.31. The van der Waals surface area contributed by atoms with Crippen LogP contribution >= 0.6 is 0 Å². The molecular weight excluding hydrogens is 328 g/mol. The first-order valence-corrected chi connectivity index (χ1v) is 8.53. The lowest BCUT2D eigenvalue weighted by atomic mass is 10.1. The van der Waals surface area contributed by atoms with Gasteiger partial charge in [0.05, 0.1) is 17.9 Å². The van der Waals surface area contributed by atoms with Gasteiger partial charge in [0.1, 0.15) is 0 Å². The highest BCUT2D eigenvalue weighted by atomic mass is 16.2. The van der Waals surface area contributed by atoms with Crippen LogP contribution in [-0.2, 0) is 0 Å². The molecule has 1 amide bonds. The zero-order valence-electron chi connectivity index (χ0n) is 14.1. The van der Waals surface area contributed by atoms with Gasteiger partial charge in [-0.05, 0) is 31.0 Å². The summed E-state index contributed by atoms with van der Waals surface area (Å²) in [6.07, 6.45) is 8.36. The zero-order valence-corrected chi connectivity index (χ0v) is 14.1. The number of nitrogens with one attached hydrogen (secondary N) is 1. The van der Waals surface area contributed by atoms with Gasteiger partial charge in [0.2, 0.25) is 5.95 Å². The molecule has 1 aromatic carbocycles. The van der Waals surface area contributed by atoms with Crippen LogP contribution in [0.1, 0.15) is 34.9 Å². The molecule has 4 rings (SSSR count). The Hall–Kier alpha value is -3.35. The van der Waals surface area contributed by atoms with E-state index in [1.165, 1.54) is 0 Å². The van der Waals surface area contributed by atoms with Gasteiger partial charge in [0.15, 0.2) is 5.82 Å². The minimum absolute atomic E-state index is 0.0372. The average Bonchev–Trinajstić information content (AvgIpc) is 3.19. The third kappa shape index (κ3) is 3.37. The molecule has 0 aliphatic carbocycles. The van der Waals surface area contributed by atoms with Crippen molar-refractivity contribution in [1.29, 1.82) is 0 Å². The summed E-state index contributed by atoms with van der Waals surface area (Å²) in [5, 5.41) is 3.04. The van der Waals surface area contributed by atoms with Crippen LogP contribution in [0.3, 0.4) is 0 Å². The van der Waals surface area contributed by atoms with E-state index in [2.05, 4.69) is 25.3 Å². The van der Waals surface area contributed by atoms with Gasteiger partial charge in [-0.3, -0.25) is 9.78 Å². The Morgan fingerprint density at radius 3 is 2.77 bits per heavy atom. The molecule has 1 saturated heterocycles. The van der Waals surface area contributed by atoms with Gasteiger partial charge >= 0.3 is 0 Å².